The second-order valence-corrected chi connectivity index (χ2v) is 5.35. The maximum atomic E-state index is 5.58. The highest BCUT2D eigenvalue weighted by Gasteiger charge is 2.03. The number of rotatable bonds is 4. The van der Waals surface area contributed by atoms with Crippen LogP contribution in [-0.4, -0.2) is 7.69 Å². The fourth-order valence-corrected chi connectivity index (χ4v) is 2.62. The molecular weight excluding hydrogens is 283 g/mol. The van der Waals surface area contributed by atoms with Crippen LogP contribution in [0.15, 0.2) is 84.9 Å². The molecule has 0 saturated carbocycles. The first-order valence-electron chi connectivity index (χ1n) is 7.51. The Labute approximate surface area is 135 Å². The van der Waals surface area contributed by atoms with Crippen molar-refractivity contribution in [1.29, 1.82) is 0 Å². The molecule has 1 radical (unpaired) electrons. The van der Waals surface area contributed by atoms with Crippen molar-refractivity contribution in [2.75, 3.05) is 0 Å². The molecule has 0 spiro atoms. The Bertz CT molecular complexity index is 886. The van der Waals surface area contributed by atoms with E-state index in [-0.39, 0.29) is 0 Å². The van der Waals surface area contributed by atoms with E-state index in [9.17, 15) is 0 Å². The zero-order valence-corrected chi connectivity index (χ0v) is 12.5. The Kier molecular flexibility index (Phi) is 3.61. The number of fused-ring (bicyclic) bond motifs is 2. The number of benzene rings is 4. The Morgan fingerprint density at radius 1 is 0.478 bits per heavy atom. The van der Waals surface area contributed by atoms with Crippen LogP contribution in [0.1, 0.15) is 0 Å². The predicted octanol–water partition coefficient (Wildman–Crippen LogP) is 4.99. The van der Waals surface area contributed by atoms with Gasteiger partial charge in [0.05, 0.1) is 0 Å². The molecule has 0 atom stereocenters. The Balaban J connectivity index is 1.45. The van der Waals surface area contributed by atoms with Crippen LogP contribution < -0.4 is 9.31 Å². The summed E-state index contributed by atoms with van der Waals surface area (Å²) in [6.07, 6.45) is 0. The van der Waals surface area contributed by atoms with Crippen LogP contribution in [0.2, 0.25) is 0 Å². The molecule has 4 aromatic carbocycles. The molecule has 23 heavy (non-hydrogen) atoms. The first kappa shape index (κ1) is 13.7. The normalized spacial score (nSPS) is 10.6. The van der Waals surface area contributed by atoms with Gasteiger partial charge in [0, 0.05) is 0 Å². The number of hydrogen-bond donors (Lipinski definition) is 0. The van der Waals surface area contributed by atoms with Gasteiger partial charge < -0.3 is 9.31 Å². The zero-order chi connectivity index (χ0) is 15.5. The summed E-state index contributed by atoms with van der Waals surface area (Å²) in [6.45, 7) is 0. The lowest BCUT2D eigenvalue weighted by Crippen LogP contribution is -2.10. The van der Waals surface area contributed by atoms with Gasteiger partial charge in [-0.3, -0.25) is 0 Å². The van der Waals surface area contributed by atoms with E-state index in [4.69, 9.17) is 9.31 Å². The standard InChI is InChI=1S/C20H14BO2/c1-3-7-17-13-19(11-9-15(17)5-1)22-21-23-20-12-10-16-6-2-4-8-18(16)14-20/h1-14H. The third-order valence-electron chi connectivity index (χ3n) is 3.81. The molecule has 0 heterocycles. The largest absolute Gasteiger partial charge is 0.658 e. The average Bonchev–Trinajstić information content (AvgIpc) is 2.61. The van der Waals surface area contributed by atoms with Gasteiger partial charge in [-0.25, -0.2) is 0 Å². The van der Waals surface area contributed by atoms with E-state index >= 15 is 0 Å². The van der Waals surface area contributed by atoms with Crippen molar-refractivity contribution in [3.8, 4) is 11.5 Å². The van der Waals surface area contributed by atoms with Gasteiger partial charge in [0.25, 0.3) is 0 Å². The van der Waals surface area contributed by atoms with Crippen LogP contribution in [0, 0.1) is 0 Å². The van der Waals surface area contributed by atoms with E-state index in [1.807, 2.05) is 60.7 Å². The molecule has 109 valence electrons. The second-order valence-electron chi connectivity index (χ2n) is 5.35. The molecule has 0 aromatic heterocycles. The van der Waals surface area contributed by atoms with Crippen molar-refractivity contribution < 1.29 is 9.31 Å². The molecule has 2 nitrogen and oxygen atoms in total. The summed E-state index contributed by atoms with van der Waals surface area (Å²) >= 11 is 0. The summed E-state index contributed by atoms with van der Waals surface area (Å²) in [7, 11) is 1.37. The molecule has 0 fully saturated rings. The molecule has 0 bridgehead atoms. The van der Waals surface area contributed by atoms with Gasteiger partial charge in [0.1, 0.15) is 11.5 Å². The van der Waals surface area contributed by atoms with E-state index in [0.29, 0.717) is 0 Å². The molecule has 3 heteroatoms. The topological polar surface area (TPSA) is 18.5 Å². The van der Waals surface area contributed by atoms with Crippen LogP contribution in [0.25, 0.3) is 21.5 Å². The molecule has 0 N–H and O–H groups in total. The molecule has 0 aliphatic rings. The summed E-state index contributed by atoms with van der Waals surface area (Å²) in [5.74, 6) is 1.51. The van der Waals surface area contributed by atoms with Gasteiger partial charge in [-0.2, -0.15) is 0 Å². The Hall–Kier alpha value is -2.94. The van der Waals surface area contributed by atoms with Gasteiger partial charge in [-0.15, -0.1) is 0 Å². The van der Waals surface area contributed by atoms with Crippen LogP contribution in [0.4, 0.5) is 0 Å². The molecule has 0 amide bonds. The van der Waals surface area contributed by atoms with Gasteiger partial charge in [0.2, 0.25) is 0 Å². The van der Waals surface area contributed by atoms with Gasteiger partial charge >= 0.3 is 7.69 Å². The summed E-state index contributed by atoms with van der Waals surface area (Å²) < 4.78 is 11.2. The first-order valence-corrected chi connectivity index (χ1v) is 7.51. The minimum absolute atomic E-state index is 0.754. The summed E-state index contributed by atoms with van der Waals surface area (Å²) in [6, 6.07) is 28.3. The lowest BCUT2D eigenvalue weighted by Gasteiger charge is -2.08. The summed E-state index contributed by atoms with van der Waals surface area (Å²) in [5.41, 5.74) is 0. The molecule has 4 rings (SSSR count). The van der Waals surface area contributed by atoms with Gasteiger partial charge in [-0.05, 0) is 45.8 Å². The van der Waals surface area contributed by atoms with E-state index < -0.39 is 0 Å². The first-order chi connectivity index (χ1) is 11.4. The fraction of sp³-hybridized carbons (Fsp3) is 0. The van der Waals surface area contributed by atoms with E-state index in [1.165, 1.54) is 18.5 Å². The van der Waals surface area contributed by atoms with Crippen LogP contribution in [0.5, 0.6) is 11.5 Å². The van der Waals surface area contributed by atoms with E-state index in [2.05, 4.69) is 24.3 Å². The Morgan fingerprint density at radius 2 is 0.913 bits per heavy atom. The predicted molar refractivity (Wildman–Crippen MR) is 94.9 cm³/mol. The van der Waals surface area contributed by atoms with Crippen LogP contribution in [-0.2, 0) is 0 Å². The smallest absolute Gasteiger partial charge is 0.526 e. The minimum atomic E-state index is 0.754. The molecule has 4 aromatic rings. The highest BCUT2D eigenvalue weighted by atomic mass is 16.6. The molecule has 0 saturated heterocycles. The molecular formula is C20H14BO2. The lowest BCUT2D eigenvalue weighted by atomic mass is 10.1. The Morgan fingerprint density at radius 3 is 1.39 bits per heavy atom. The molecule has 0 aliphatic carbocycles. The van der Waals surface area contributed by atoms with Crippen molar-refractivity contribution >= 4 is 29.2 Å². The summed E-state index contributed by atoms with van der Waals surface area (Å²) in [4.78, 5) is 0. The quantitative estimate of drug-likeness (QED) is 0.494. The van der Waals surface area contributed by atoms with Crippen molar-refractivity contribution in [3.63, 3.8) is 0 Å². The number of hydrogen-bond acceptors (Lipinski definition) is 2. The maximum Gasteiger partial charge on any atom is 0.658 e. The minimum Gasteiger partial charge on any atom is -0.526 e. The zero-order valence-electron chi connectivity index (χ0n) is 12.5. The lowest BCUT2D eigenvalue weighted by molar-refractivity contribution is 0.460. The SMILES string of the molecule is [B](Oc1ccc2ccccc2c1)Oc1ccc2ccccc2c1. The summed E-state index contributed by atoms with van der Waals surface area (Å²) in [5, 5.41) is 4.67. The average molecular weight is 297 g/mol. The molecule has 0 aliphatic heterocycles. The van der Waals surface area contributed by atoms with E-state index in [1.54, 1.807) is 0 Å². The van der Waals surface area contributed by atoms with Crippen LogP contribution >= 0.6 is 0 Å². The highest BCUT2D eigenvalue weighted by Crippen LogP contribution is 2.22. The molecule has 0 unspecified atom stereocenters. The van der Waals surface area contributed by atoms with Crippen LogP contribution in [0.3, 0.4) is 0 Å². The monoisotopic (exact) mass is 297 g/mol. The second kappa shape index (κ2) is 6.05. The van der Waals surface area contributed by atoms with Crippen molar-refractivity contribution in [2.24, 2.45) is 0 Å². The van der Waals surface area contributed by atoms with Crippen molar-refractivity contribution in [3.05, 3.63) is 84.9 Å². The van der Waals surface area contributed by atoms with Gasteiger partial charge in [-0.1, -0.05) is 60.7 Å². The van der Waals surface area contributed by atoms with Gasteiger partial charge in [0.15, 0.2) is 0 Å². The van der Waals surface area contributed by atoms with E-state index in [0.717, 1.165) is 22.3 Å². The highest BCUT2D eigenvalue weighted by molar-refractivity contribution is 6.21. The van der Waals surface area contributed by atoms with Crippen molar-refractivity contribution in [1.82, 2.24) is 0 Å². The maximum absolute atomic E-state index is 5.58. The third-order valence-corrected chi connectivity index (χ3v) is 3.81. The van der Waals surface area contributed by atoms with Crippen molar-refractivity contribution in [2.45, 2.75) is 0 Å². The fourth-order valence-electron chi connectivity index (χ4n) is 2.62. The third kappa shape index (κ3) is 2.99.